The fourth-order valence-corrected chi connectivity index (χ4v) is 4.17. The maximum atomic E-state index is 12.4. The largest absolute Gasteiger partial charge is 0.344 e. The minimum atomic E-state index is -0.0165. The number of benzene rings is 1. The third-order valence-electron chi connectivity index (χ3n) is 4.19. The molecule has 0 saturated heterocycles. The molecule has 2 aliphatic rings. The van der Waals surface area contributed by atoms with Crippen molar-refractivity contribution in [2.45, 2.75) is 37.6 Å². The van der Waals surface area contributed by atoms with Gasteiger partial charge >= 0.3 is 0 Å². The summed E-state index contributed by atoms with van der Waals surface area (Å²) in [5.74, 6) is 0.583. The van der Waals surface area contributed by atoms with Crippen molar-refractivity contribution in [2.75, 3.05) is 0 Å². The molecule has 1 unspecified atom stereocenters. The Balaban J connectivity index is 1.51. The topological polar surface area (TPSA) is 42.0 Å². The SMILES string of the molecule is O=C(NC1CCc2c(Cl)cccc21)c1cnc(C2CC2)s1. The number of carbonyl (C=O) groups is 1. The number of carbonyl (C=O) groups excluding carboxylic acids is 1. The van der Waals surface area contributed by atoms with E-state index in [1.54, 1.807) is 6.20 Å². The highest BCUT2D eigenvalue weighted by molar-refractivity contribution is 7.13. The number of aromatic nitrogens is 1. The van der Waals surface area contributed by atoms with E-state index in [-0.39, 0.29) is 11.9 Å². The first-order valence-corrected chi connectivity index (χ1v) is 8.45. The van der Waals surface area contributed by atoms with E-state index >= 15 is 0 Å². The van der Waals surface area contributed by atoms with Gasteiger partial charge in [-0.1, -0.05) is 23.7 Å². The molecule has 21 heavy (non-hydrogen) atoms. The van der Waals surface area contributed by atoms with E-state index in [0.29, 0.717) is 10.8 Å². The van der Waals surface area contributed by atoms with Crippen LogP contribution in [0.25, 0.3) is 0 Å². The third-order valence-corrected chi connectivity index (χ3v) is 5.71. The minimum absolute atomic E-state index is 0.0165. The van der Waals surface area contributed by atoms with Gasteiger partial charge in [-0.25, -0.2) is 4.98 Å². The van der Waals surface area contributed by atoms with Crippen molar-refractivity contribution in [3.8, 4) is 0 Å². The summed E-state index contributed by atoms with van der Waals surface area (Å²) in [5.41, 5.74) is 2.33. The van der Waals surface area contributed by atoms with Crippen molar-refractivity contribution < 1.29 is 4.79 Å². The average molecular weight is 319 g/mol. The van der Waals surface area contributed by atoms with Crippen LogP contribution in [0, 0.1) is 0 Å². The quantitative estimate of drug-likeness (QED) is 0.926. The highest BCUT2D eigenvalue weighted by atomic mass is 35.5. The lowest BCUT2D eigenvalue weighted by Crippen LogP contribution is -2.26. The molecule has 0 aliphatic heterocycles. The molecule has 1 amide bonds. The molecule has 0 bridgehead atoms. The molecule has 1 saturated carbocycles. The molecule has 1 atom stereocenters. The maximum absolute atomic E-state index is 12.4. The van der Waals surface area contributed by atoms with Crippen LogP contribution in [0.5, 0.6) is 0 Å². The van der Waals surface area contributed by atoms with E-state index in [0.717, 1.165) is 28.4 Å². The van der Waals surface area contributed by atoms with Crippen molar-refractivity contribution in [1.82, 2.24) is 10.3 Å². The number of fused-ring (bicyclic) bond motifs is 1. The number of halogens is 1. The molecule has 108 valence electrons. The van der Waals surface area contributed by atoms with Crippen LogP contribution >= 0.6 is 22.9 Å². The van der Waals surface area contributed by atoms with Gasteiger partial charge in [0, 0.05) is 10.9 Å². The Kier molecular flexibility index (Phi) is 3.23. The molecule has 2 aliphatic carbocycles. The van der Waals surface area contributed by atoms with Gasteiger partial charge in [-0.3, -0.25) is 4.79 Å². The van der Waals surface area contributed by atoms with Crippen LogP contribution in [-0.4, -0.2) is 10.9 Å². The monoisotopic (exact) mass is 318 g/mol. The number of hydrogen-bond donors (Lipinski definition) is 1. The molecule has 2 aromatic rings. The van der Waals surface area contributed by atoms with Gasteiger partial charge < -0.3 is 5.32 Å². The molecule has 3 nitrogen and oxygen atoms in total. The predicted molar refractivity (Wildman–Crippen MR) is 84.1 cm³/mol. The van der Waals surface area contributed by atoms with Crippen molar-refractivity contribution in [1.29, 1.82) is 0 Å². The normalized spacial score (nSPS) is 20.3. The lowest BCUT2D eigenvalue weighted by Gasteiger charge is -2.13. The molecule has 4 rings (SSSR count). The van der Waals surface area contributed by atoms with Gasteiger partial charge in [-0.05, 0) is 42.9 Å². The number of amides is 1. The lowest BCUT2D eigenvalue weighted by molar-refractivity contribution is 0.0940. The molecule has 1 aromatic carbocycles. The summed E-state index contributed by atoms with van der Waals surface area (Å²) in [7, 11) is 0. The van der Waals surface area contributed by atoms with Gasteiger partial charge in [0.05, 0.1) is 17.2 Å². The Morgan fingerprint density at radius 3 is 3.00 bits per heavy atom. The number of nitrogens with one attached hydrogen (secondary N) is 1. The average Bonchev–Trinajstić information content (AvgIpc) is 3.06. The molecule has 1 heterocycles. The zero-order chi connectivity index (χ0) is 14.4. The van der Waals surface area contributed by atoms with Gasteiger partial charge in [-0.2, -0.15) is 0 Å². The summed E-state index contributed by atoms with van der Waals surface area (Å²) >= 11 is 7.74. The van der Waals surface area contributed by atoms with E-state index < -0.39 is 0 Å². The summed E-state index contributed by atoms with van der Waals surface area (Å²) in [6.45, 7) is 0. The van der Waals surface area contributed by atoms with Crippen LogP contribution in [0.1, 0.15) is 57.0 Å². The van der Waals surface area contributed by atoms with Crippen LogP contribution in [0.15, 0.2) is 24.4 Å². The zero-order valence-electron chi connectivity index (χ0n) is 11.4. The molecule has 1 fully saturated rings. The Labute approximate surface area is 132 Å². The van der Waals surface area contributed by atoms with Crippen molar-refractivity contribution in [2.24, 2.45) is 0 Å². The Hall–Kier alpha value is -1.39. The van der Waals surface area contributed by atoms with Crippen molar-refractivity contribution in [3.63, 3.8) is 0 Å². The standard InChI is InChI=1S/C16H15ClN2OS/c17-12-3-1-2-11-10(12)6-7-13(11)19-15(20)14-8-18-16(21-14)9-4-5-9/h1-3,8-9,13H,4-7H2,(H,19,20). The van der Waals surface area contributed by atoms with E-state index in [1.165, 1.54) is 29.7 Å². The predicted octanol–water partition coefficient (Wildman–Crippen LogP) is 4.09. The van der Waals surface area contributed by atoms with Crippen LogP contribution in [0.2, 0.25) is 5.02 Å². The van der Waals surface area contributed by atoms with Crippen LogP contribution in [0.4, 0.5) is 0 Å². The first kappa shape index (κ1) is 13.3. The fourth-order valence-electron chi connectivity index (χ4n) is 2.90. The summed E-state index contributed by atoms with van der Waals surface area (Å²) in [4.78, 5) is 17.5. The van der Waals surface area contributed by atoms with Crippen LogP contribution in [0.3, 0.4) is 0 Å². The van der Waals surface area contributed by atoms with E-state index in [1.807, 2.05) is 12.1 Å². The Morgan fingerprint density at radius 1 is 1.33 bits per heavy atom. The van der Waals surface area contributed by atoms with E-state index in [2.05, 4.69) is 16.4 Å². The highest BCUT2D eigenvalue weighted by Crippen LogP contribution is 2.42. The van der Waals surface area contributed by atoms with Crippen LogP contribution < -0.4 is 5.32 Å². The first-order chi connectivity index (χ1) is 10.2. The number of hydrogen-bond acceptors (Lipinski definition) is 3. The smallest absolute Gasteiger partial charge is 0.263 e. The maximum Gasteiger partial charge on any atom is 0.263 e. The number of rotatable bonds is 3. The van der Waals surface area contributed by atoms with Gasteiger partial charge in [0.25, 0.3) is 5.91 Å². The second-order valence-corrected chi connectivity index (χ2v) is 7.18. The molecule has 1 N–H and O–H groups in total. The first-order valence-electron chi connectivity index (χ1n) is 7.26. The summed E-state index contributed by atoms with van der Waals surface area (Å²) in [5, 5.41) is 5.03. The molecule has 1 aromatic heterocycles. The zero-order valence-corrected chi connectivity index (χ0v) is 13.0. The fraction of sp³-hybridized carbons (Fsp3) is 0.375. The Morgan fingerprint density at radius 2 is 2.19 bits per heavy atom. The van der Waals surface area contributed by atoms with Crippen molar-refractivity contribution in [3.05, 3.63) is 50.4 Å². The molecular weight excluding hydrogens is 304 g/mol. The van der Waals surface area contributed by atoms with Gasteiger partial charge in [0.15, 0.2) is 0 Å². The number of nitrogens with zero attached hydrogens (tertiary/aromatic N) is 1. The van der Waals surface area contributed by atoms with Gasteiger partial charge in [0.1, 0.15) is 4.88 Å². The van der Waals surface area contributed by atoms with Gasteiger partial charge in [-0.15, -0.1) is 11.3 Å². The summed E-state index contributed by atoms with van der Waals surface area (Å²) in [6, 6.07) is 5.98. The number of thiazole rings is 1. The summed E-state index contributed by atoms with van der Waals surface area (Å²) in [6.07, 6.45) is 5.97. The Bertz CT molecular complexity index is 708. The minimum Gasteiger partial charge on any atom is -0.344 e. The lowest BCUT2D eigenvalue weighted by atomic mass is 10.1. The van der Waals surface area contributed by atoms with E-state index in [4.69, 9.17) is 11.6 Å². The second-order valence-electron chi connectivity index (χ2n) is 5.71. The van der Waals surface area contributed by atoms with E-state index in [9.17, 15) is 4.79 Å². The molecule has 5 heteroatoms. The van der Waals surface area contributed by atoms with Crippen molar-refractivity contribution >= 4 is 28.8 Å². The van der Waals surface area contributed by atoms with Crippen LogP contribution in [-0.2, 0) is 6.42 Å². The second kappa shape index (κ2) is 5.11. The van der Waals surface area contributed by atoms with Gasteiger partial charge in [0.2, 0.25) is 0 Å². The third kappa shape index (κ3) is 2.47. The highest BCUT2D eigenvalue weighted by Gasteiger charge is 2.29. The molecule has 0 spiro atoms. The molecule has 0 radical (unpaired) electrons. The summed E-state index contributed by atoms with van der Waals surface area (Å²) < 4.78 is 0. The molecular formula is C16H15ClN2OS.